The molecule has 0 bridgehead atoms. The highest BCUT2D eigenvalue weighted by atomic mass is 16.5. The van der Waals surface area contributed by atoms with Crippen molar-refractivity contribution in [1.29, 1.82) is 0 Å². The van der Waals surface area contributed by atoms with E-state index >= 15 is 0 Å². The third kappa shape index (κ3) is 3.18. The molecule has 3 aromatic carbocycles. The molecule has 0 aliphatic carbocycles. The highest BCUT2D eigenvalue weighted by molar-refractivity contribution is 5.80. The van der Waals surface area contributed by atoms with Gasteiger partial charge < -0.3 is 10.1 Å². The maximum Gasteiger partial charge on any atom is 0.131 e. The summed E-state index contributed by atoms with van der Waals surface area (Å²) in [5.74, 6) is 1.05. The van der Waals surface area contributed by atoms with Crippen molar-refractivity contribution in [3.8, 4) is 28.0 Å². The molecule has 2 heteroatoms. The molecule has 0 radical (unpaired) electrons. The van der Waals surface area contributed by atoms with Gasteiger partial charge in [-0.05, 0) is 48.4 Å². The van der Waals surface area contributed by atoms with Gasteiger partial charge in [0.1, 0.15) is 11.9 Å². The fourth-order valence-corrected chi connectivity index (χ4v) is 3.52. The molecule has 1 unspecified atom stereocenters. The Balaban J connectivity index is 1.84. The lowest BCUT2D eigenvalue weighted by Crippen LogP contribution is -2.27. The number of benzene rings is 3. The Bertz CT molecular complexity index is 869. The van der Waals surface area contributed by atoms with E-state index in [4.69, 9.17) is 4.74 Å². The SMILES string of the molecule is CNCC1Cc2cc(-c3ccccc3)cc(-c3ccc(C)cc3)c2O1. The minimum absolute atomic E-state index is 0.204. The van der Waals surface area contributed by atoms with Crippen LogP contribution in [-0.4, -0.2) is 19.7 Å². The summed E-state index contributed by atoms with van der Waals surface area (Å²) in [7, 11) is 1.97. The van der Waals surface area contributed by atoms with Crippen molar-refractivity contribution < 1.29 is 4.74 Å². The summed E-state index contributed by atoms with van der Waals surface area (Å²) >= 11 is 0. The molecule has 1 aliphatic heterocycles. The molecule has 0 saturated heterocycles. The van der Waals surface area contributed by atoms with E-state index in [1.807, 2.05) is 7.05 Å². The maximum absolute atomic E-state index is 6.29. The van der Waals surface area contributed by atoms with Crippen LogP contribution in [-0.2, 0) is 6.42 Å². The summed E-state index contributed by atoms with van der Waals surface area (Å²) in [6, 6.07) is 23.8. The van der Waals surface area contributed by atoms with Crippen LogP contribution < -0.4 is 10.1 Å². The molecule has 126 valence electrons. The molecule has 1 N–H and O–H groups in total. The molecule has 0 fully saturated rings. The third-order valence-electron chi connectivity index (χ3n) is 4.80. The fraction of sp³-hybridized carbons (Fsp3) is 0.217. The normalized spacial score (nSPS) is 15.7. The Kier molecular flexibility index (Phi) is 4.29. The Morgan fingerprint density at radius 3 is 2.40 bits per heavy atom. The number of nitrogens with one attached hydrogen (secondary N) is 1. The summed E-state index contributed by atoms with van der Waals surface area (Å²) in [5, 5.41) is 3.23. The van der Waals surface area contributed by atoms with Gasteiger partial charge in [0.25, 0.3) is 0 Å². The average molecular weight is 329 g/mol. The minimum atomic E-state index is 0.204. The fourth-order valence-electron chi connectivity index (χ4n) is 3.52. The molecule has 4 rings (SSSR count). The first-order valence-electron chi connectivity index (χ1n) is 8.85. The van der Waals surface area contributed by atoms with E-state index in [-0.39, 0.29) is 6.10 Å². The largest absolute Gasteiger partial charge is 0.488 e. The highest BCUT2D eigenvalue weighted by Gasteiger charge is 2.26. The second kappa shape index (κ2) is 6.73. The highest BCUT2D eigenvalue weighted by Crippen LogP contribution is 2.42. The number of ether oxygens (including phenoxy) is 1. The minimum Gasteiger partial charge on any atom is -0.488 e. The second-order valence-electron chi connectivity index (χ2n) is 6.75. The van der Waals surface area contributed by atoms with Crippen molar-refractivity contribution in [2.24, 2.45) is 0 Å². The third-order valence-corrected chi connectivity index (χ3v) is 4.80. The predicted octanol–water partition coefficient (Wildman–Crippen LogP) is 4.85. The van der Waals surface area contributed by atoms with E-state index in [1.165, 1.54) is 33.4 Å². The molecular weight excluding hydrogens is 306 g/mol. The molecule has 1 heterocycles. The Morgan fingerprint density at radius 1 is 0.920 bits per heavy atom. The van der Waals surface area contributed by atoms with Crippen LogP contribution in [0.1, 0.15) is 11.1 Å². The Morgan fingerprint density at radius 2 is 1.68 bits per heavy atom. The number of likely N-dealkylation sites (N-methyl/N-ethyl adjacent to an activating group) is 1. The molecule has 1 atom stereocenters. The zero-order valence-corrected chi connectivity index (χ0v) is 14.8. The monoisotopic (exact) mass is 329 g/mol. The van der Waals surface area contributed by atoms with Crippen LogP contribution in [0, 0.1) is 6.92 Å². The quantitative estimate of drug-likeness (QED) is 0.738. The average Bonchev–Trinajstić information content (AvgIpc) is 3.05. The molecular formula is C23H23NO. The smallest absolute Gasteiger partial charge is 0.131 e. The molecule has 0 saturated carbocycles. The summed E-state index contributed by atoms with van der Waals surface area (Å²) in [4.78, 5) is 0. The van der Waals surface area contributed by atoms with Gasteiger partial charge in [-0.3, -0.25) is 0 Å². The summed E-state index contributed by atoms with van der Waals surface area (Å²) < 4.78 is 6.29. The molecule has 2 nitrogen and oxygen atoms in total. The lowest BCUT2D eigenvalue weighted by Gasteiger charge is -2.14. The Hall–Kier alpha value is -2.58. The van der Waals surface area contributed by atoms with E-state index in [0.717, 1.165) is 18.7 Å². The van der Waals surface area contributed by atoms with Gasteiger partial charge in [0.2, 0.25) is 0 Å². The van der Waals surface area contributed by atoms with Crippen molar-refractivity contribution >= 4 is 0 Å². The molecule has 0 spiro atoms. The number of aryl methyl sites for hydroxylation is 1. The van der Waals surface area contributed by atoms with Gasteiger partial charge >= 0.3 is 0 Å². The zero-order chi connectivity index (χ0) is 17.2. The lowest BCUT2D eigenvalue weighted by atomic mass is 9.94. The molecule has 0 amide bonds. The Labute approximate surface area is 149 Å². The van der Waals surface area contributed by atoms with Crippen LogP contribution >= 0.6 is 0 Å². The van der Waals surface area contributed by atoms with Crippen LogP contribution in [0.15, 0.2) is 66.7 Å². The van der Waals surface area contributed by atoms with Crippen molar-refractivity contribution in [2.75, 3.05) is 13.6 Å². The van der Waals surface area contributed by atoms with Crippen molar-refractivity contribution in [3.63, 3.8) is 0 Å². The lowest BCUT2D eigenvalue weighted by molar-refractivity contribution is 0.232. The zero-order valence-electron chi connectivity index (χ0n) is 14.8. The van der Waals surface area contributed by atoms with Crippen molar-refractivity contribution in [3.05, 3.63) is 77.9 Å². The number of rotatable bonds is 4. The first-order valence-corrected chi connectivity index (χ1v) is 8.85. The van der Waals surface area contributed by atoms with E-state index < -0.39 is 0 Å². The van der Waals surface area contributed by atoms with Gasteiger partial charge in [0.05, 0.1) is 0 Å². The standard InChI is InChI=1S/C23H23NO/c1-16-8-10-18(11-9-16)22-14-19(17-6-4-3-5-7-17)12-20-13-21(15-24-2)25-23(20)22/h3-12,14,21,24H,13,15H2,1-2H3. The first-order chi connectivity index (χ1) is 12.2. The van der Waals surface area contributed by atoms with Crippen LogP contribution in [0.3, 0.4) is 0 Å². The van der Waals surface area contributed by atoms with Crippen LogP contribution in [0.4, 0.5) is 0 Å². The van der Waals surface area contributed by atoms with Gasteiger partial charge in [0, 0.05) is 18.5 Å². The maximum atomic E-state index is 6.29. The summed E-state index contributed by atoms with van der Waals surface area (Å²) in [6.45, 7) is 2.98. The number of hydrogen-bond donors (Lipinski definition) is 1. The van der Waals surface area contributed by atoms with Gasteiger partial charge in [-0.1, -0.05) is 60.2 Å². The van der Waals surface area contributed by atoms with E-state index in [9.17, 15) is 0 Å². The molecule has 1 aliphatic rings. The van der Waals surface area contributed by atoms with Gasteiger partial charge in [0.15, 0.2) is 0 Å². The van der Waals surface area contributed by atoms with Gasteiger partial charge in [-0.25, -0.2) is 0 Å². The summed E-state index contributed by atoms with van der Waals surface area (Å²) in [5.41, 5.74) is 7.48. The second-order valence-corrected chi connectivity index (χ2v) is 6.75. The van der Waals surface area contributed by atoms with E-state index in [1.54, 1.807) is 0 Å². The van der Waals surface area contributed by atoms with Crippen LogP contribution in [0.5, 0.6) is 5.75 Å². The van der Waals surface area contributed by atoms with Gasteiger partial charge in [-0.2, -0.15) is 0 Å². The first kappa shape index (κ1) is 15.9. The molecule has 3 aromatic rings. The van der Waals surface area contributed by atoms with E-state index in [2.05, 4.69) is 79.0 Å². The number of hydrogen-bond acceptors (Lipinski definition) is 2. The van der Waals surface area contributed by atoms with Crippen LogP contribution in [0.2, 0.25) is 0 Å². The van der Waals surface area contributed by atoms with Gasteiger partial charge in [-0.15, -0.1) is 0 Å². The van der Waals surface area contributed by atoms with Crippen LogP contribution in [0.25, 0.3) is 22.3 Å². The van der Waals surface area contributed by atoms with Crippen molar-refractivity contribution in [2.45, 2.75) is 19.4 Å². The number of fused-ring (bicyclic) bond motifs is 1. The topological polar surface area (TPSA) is 21.3 Å². The predicted molar refractivity (Wildman–Crippen MR) is 104 cm³/mol. The molecule has 25 heavy (non-hydrogen) atoms. The summed E-state index contributed by atoms with van der Waals surface area (Å²) in [6.07, 6.45) is 1.16. The van der Waals surface area contributed by atoms with E-state index in [0.29, 0.717) is 0 Å². The van der Waals surface area contributed by atoms with Crippen molar-refractivity contribution in [1.82, 2.24) is 5.32 Å². The molecule has 0 aromatic heterocycles.